The standard InChI is InChI=1S/C13H16N2OS/c1-8(2)14-7-12(16)10-4-5-13-11(6-10)15-9(3)17-13/h4-6,8,14H,7H2,1-3H3. The van der Waals surface area contributed by atoms with Crippen molar-refractivity contribution >= 4 is 27.3 Å². The monoisotopic (exact) mass is 248 g/mol. The highest BCUT2D eigenvalue weighted by Gasteiger charge is 2.08. The Morgan fingerprint density at radius 1 is 1.47 bits per heavy atom. The van der Waals surface area contributed by atoms with Crippen LogP contribution in [0, 0.1) is 6.92 Å². The number of Topliss-reactive ketones (excluding diaryl/α,β-unsaturated/α-hetero) is 1. The van der Waals surface area contributed by atoms with Gasteiger partial charge < -0.3 is 5.32 Å². The Bertz CT molecular complexity index is 545. The van der Waals surface area contributed by atoms with Crippen molar-refractivity contribution in [2.75, 3.05) is 6.54 Å². The molecule has 0 aliphatic rings. The molecule has 1 aromatic carbocycles. The number of fused-ring (bicyclic) bond motifs is 1. The van der Waals surface area contributed by atoms with E-state index < -0.39 is 0 Å². The summed E-state index contributed by atoms with van der Waals surface area (Å²) < 4.78 is 1.14. The summed E-state index contributed by atoms with van der Waals surface area (Å²) in [5, 5.41) is 4.16. The summed E-state index contributed by atoms with van der Waals surface area (Å²) >= 11 is 1.65. The van der Waals surface area contributed by atoms with Gasteiger partial charge in [-0.25, -0.2) is 4.98 Å². The van der Waals surface area contributed by atoms with Crippen LogP contribution in [-0.2, 0) is 0 Å². The average Bonchev–Trinajstić information content (AvgIpc) is 2.64. The van der Waals surface area contributed by atoms with Gasteiger partial charge in [-0.1, -0.05) is 13.8 Å². The number of benzene rings is 1. The third-order valence-electron chi connectivity index (χ3n) is 2.49. The number of nitrogens with one attached hydrogen (secondary N) is 1. The molecule has 1 heterocycles. The van der Waals surface area contributed by atoms with Gasteiger partial charge in [0.15, 0.2) is 5.78 Å². The van der Waals surface area contributed by atoms with Gasteiger partial charge in [-0.3, -0.25) is 4.79 Å². The zero-order chi connectivity index (χ0) is 12.4. The van der Waals surface area contributed by atoms with Crippen molar-refractivity contribution in [3.05, 3.63) is 28.8 Å². The van der Waals surface area contributed by atoms with Crippen molar-refractivity contribution in [3.63, 3.8) is 0 Å². The lowest BCUT2D eigenvalue weighted by Gasteiger charge is -2.06. The topological polar surface area (TPSA) is 42.0 Å². The quantitative estimate of drug-likeness (QED) is 0.846. The molecule has 0 spiro atoms. The number of hydrogen-bond donors (Lipinski definition) is 1. The van der Waals surface area contributed by atoms with E-state index in [1.165, 1.54) is 0 Å². The summed E-state index contributed by atoms with van der Waals surface area (Å²) in [6, 6.07) is 6.06. The molecular weight excluding hydrogens is 232 g/mol. The molecule has 17 heavy (non-hydrogen) atoms. The van der Waals surface area contributed by atoms with Gasteiger partial charge in [-0.2, -0.15) is 0 Å². The summed E-state index contributed by atoms with van der Waals surface area (Å²) in [6.07, 6.45) is 0. The predicted octanol–water partition coefficient (Wildman–Crippen LogP) is 2.79. The number of thiazole rings is 1. The van der Waals surface area contributed by atoms with Crippen LogP contribution in [-0.4, -0.2) is 23.4 Å². The van der Waals surface area contributed by atoms with Gasteiger partial charge in [-0.05, 0) is 25.1 Å². The molecule has 90 valence electrons. The molecule has 1 aromatic heterocycles. The van der Waals surface area contributed by atoms with Crippen molar-refractivity contribution < 1.29 is 4.79 Å². The van der Waals surface area contributed by atoms with E-state index in [0.717, 1.165) is 20.8 Å². The Hall–Kier alpha value is -1.26. The van der Waals surface area contributed by atoms with E-state index in [1.54, 1.807) is 11.3 Å². The number of carbonyl (C=O) groups excluding carboxylic acids is 1. The molecule has 0 aliphatic heterocycles. The van der Waals surface area contributed by atoms with Crippen molar-refractivity contribution in [2.24, 2.45) is 0 Å². The summed E-state index contributed by atoms with van der Waals surface area (Å²) in [5.74, 6) is 0.117. The lowest BCUT2D eigenvalue weighted by atomic mass is 10.1. The molecule has 2 rings (SSSR count). The molecule has 3 nitrogen and oxygen atoms in total. The normalized spacial score (nSPS) is 11.3. The van der Waals surface area contributed by atoms with Gasteiger partial charge in [0, 0.05) is 11.6 Å². The molecule has 0 atom stereocenters. The molecule has 0 aliphatic carbocycles. The van der Waals surface area contributed by atoms with Crippen molar-refractivity contribution in [1.29, 1.82) is 0 Å². The molecule has 2 aromatic rings. The maximum atomic E-state index is 11.9. The summed E-state index contributed by atoms with van der Waals surface area (Å²) in [6.45, 7) is 6.42. The van der Waals surface area contributed by atoms with Gasteiger partial charge in [-0.15, -0.1) is 11.3 Å². The molecule has 0 unspecified atom stereocenters. The highest BCUT2D eigenvalue weighted by atomic mass is 32.1. The summed E-state index contributed by atoms with van der Waals surface area (Å²) in [4.78, 5) is 16.3. The lowest BCUT2D eigenvalue weighted by molar-refractivity contribution is 0.0988. The number of nitrogens with zero attached hydrogens (tertiary/aromatic N) is 1. The average molecular weight is 248 g/mol. The highest BCUT2D eigenvalue weighted by Crippen LogP contribution is 2.22. The predicted molar refractivity (Wildman–Crippen MR) is 71.8 cm³/mol. The van der Waals surface area contributed by atoms with E-state index in [4.69, 9.17) is 0 Å². The summed E-state index contributed by atoms with van der Waals surface area (Å²) in [7, 11) is 0. The smallest absolute Gasteiger partial charge is 0.176 e. The van der Waals surface area contributed by atoms with Crippen LogP contribution in [0.1, 0.15) is 29.2 Å². The molecule has 4 heteroatoms. The fraction of sp³-hybridized carbons (Fsp3) is 0.385. The Morgan fingerprint density at radius 2 is 2.24 bits per heavy atom. The molecule has 1 N–H and O–H groups in total. The first-order chi connectivity index (χ1) is 8.06. The number of rotatable bonds is 4. The van der Waals surface area contributed by atoms with Crippen molar-refractivity contribution in [2.45, 2.75) is 26.8 Å². The fourth-order valence-corrected chi connectivity index (χ4v) is 2.42. The van der Waals surface area contributed by atoms with E-state index in [9.17, 15) is 4.79 Å². The molecule has 0 saturated carbocycles. The van der Waals surface area contributed by atoms with E-state index in [1.807, 2.05) is 39.0 Å². The lowest BCUT2D eigenvalue weighted by Crippen LogP contribution is -2.29. The maximum absolute atomic E-state index is 11.9. The van der Waals surface area contributed by atoms with E-state index in [0.29, 0.717) is 12.6 Å². The summed E-state index contributed by atoms with van der Waals surface area (Å²) in [5.41, 5.74) is 1.65. The van der Waals surface area contributed by atoms with Gasteiger partial charge in [0.1, 0.15) is 0 Å². The number of ketones is 1. The van der Waals surface area contributed by atoms with Crippen LogP contribution in [0.25, 0.3) is 10.2 Å². The highest BCUT2D eigenvalue weighted by molar-refractivity contribution is 7.18. The van der Waals surface area contributed by atoms with E-state index in [-0.39, 0.29) is 5.78 Å². The molecule has 0 fully saturated rings. The minimum atomic E-state index is 0.117. The molecule has 0 radical (unpaired) electrons. The second-order valence-corrected chi connectivity index (χ2v) is 5.61. The SMILES string of the molecule is Cc1nc2cc(C(=O)CNC(C)C)ccc2s1. The van der Waals surface area contributed by atoms with Gasteiger partial charge >= 0.3 is 0 Å². The van der Waals surface area contributed by atoms with Crippen molar-refractivity contribution in [3.8, 4) is 0 Å². The zero-order valence-electron chi connectivity index (χ0n) is 10.3. The van der Waals surface area contributed by atoms with Gasteiger partial charge in [0.2, 0.25) is 0 Å². The Morgan fingerprint density at radius 3 is 2.94 bits per heavy atom. The second kappa shape index (κ2) is 4.94. The van der Waals surface area contributed by atoms with E-state index in [2.05, 4.69) is 10.3 Å². The largest absolute Gasteiger partial charge is 0.307 e. The third kappa shape index (κ3) is 2.90. The van der Waals surface area contributed by atoms with Crippen LogP contribution < -0.4 is 5.32 Å². The Balaban J connectivity index is 2.20. The van der Waals surface area contributed by atoms with Crippen LogP contribution in [0.5, 0.6) is 0 Å². The van der Waals surface area contributed by atoms with Crippen LogP contribution in [0.4, 0.5) is 0 Å². The van der Waals surface area contributed by atoms with E-state index >= 15 is 0 Å². The van der Waals surface area contributed by atoms with Gasteiger partial charge in [0.05, 0.1) is 21.8 Å². The zero-order valence-corrected chi connectivity index (χ0v) is 11.1. The van der Waals surface area contributed by atoms with Crippen LogP contribution >= 0.6 is 11.3 Å². The van der Waals surface area contributed by atoms with Crippen molar-refractivity contribution in [1.82, 2.24) is 10.3 Å². The first-order valence-electron chi connectivity index (χ1n) is 5.70. The van der Waals surface area contributed by atoms with Crippen LogP contribution in [0.3, 0.4) is 0 Å². The number of hydrogen-bond acceptors (Lipinski definition) is 4. The molecular formula is C13H16N2OS. The van der Waals surface area contributed by atoms with Gasteiger partial charge in [0.25, 0.3) is 0 Å². The van der Waals surface area contributed by atoms with Crippen LogP contribution in [0.2, 0.25) is 0 Å². The Kier molecular flexibility index (Phi) is 3.54. The molecule has 0 bridgehead atoms. The number of aromatic nitrogens is 1. The molecule has 0 amide bonds. The minimum absolute atomic E-state index is 0.117. The second-order valence-electron chi connectivity index (χ2n) is 4.37. The number of carbonyl (C=O) groups is 1. The third-order valence-corrected chi connectivity index (χ3v) is 3.44. The first-order valence-corrected chi connectivity index (χ1v) is 6.51. The van der Waals surface area contributed by atoms with Crippen LogP contribution in [0.15, 0.2) is 18.2 Å². The molecule has 0 saturated heterocycles. The maximum Gasteiger partial charge on any atom is 0.176 e. The fourth-order valence-electron chi connectivity index (χ4n) is 1.61. The minimum Gasteiger partial charge on any atom is -0.307 e. The first kappa shape index (κ1) is 12.2. The Labute approximate surface area is 105 Å². The number of aryl methyl sites for hydroxylation is 1.